The maximum absolute atomic E-state index is 12.7. The lowest BCUT2D eigenvalue weighted by molar-refractivity contribution is 0.0997. The van der Waals surface area contributed by atoms with Gasteiger partial charge in [0.25, 0.3) is 5.91 Å². The summed E-state index contributed by atoms with van der Waals surface area (Å²) in [4.78, 5) is 14.2. The van der Waals surface area contributed by atoms with E-state index in [0.29, 0.717) is 32.5 Å². The fraction of sp³-hybridized carbons (Fsp3) is 0.0417. The third kappa shape index (κ3) is 3.98. The van der Waals surface area contributed by atoms with Gasteiger partial charge in [-0.2, -0.15) is 4.80 Å². The number of hydrogen-bond donors (Lipinski definition) is 1. The highest BCUT2D eigenvalue weighted by molar-refractivity contribution is 6.31. The molecule has 0 fully saturated rings. The van der Waals surface area contributed by atoms with Gasteiger partial charge in [-0.3, -0.25) is 4.79 Å². The third-order valence-electron chi connectivity index (χ3n) is 4.98. The van der Waals surface area contributed by atoms with Crippen LogP contribution in [-0.4, -0.2) is 20.9 Å². The summed E-state index contributed by atoms with van der Waals surface area (Å²) in [6, 6.07) is 21.5. The van der Waals surface area contributed by atoms with E-state index < -0.39 is 0 Å². The molecule has 0 unspecified atom stereocenters. The number of benzene rings is 3. The van der Waals surface area contributed by atoms with Crippen LogP contribution in [0.4, 0.5) is 5.69 Å². The molecule has 3 aromatic carbocycles. The predicted molar refractivity (Wildman–Crippen MR) is 126 cm³/mol. The first-order valence-corrected chi connectivity index (χ1v) is 10.5. The highest BCUT2D eigenvalue weighted by Crippen LogP contribution is 2.25. The fourth-order valence-corrected chi connectivity index (χ4v) is 3.54. The number of carbonyl (C=O) groups excluding carboxylic acids is 1. The Bertz CT molecular complexity index is 1450. The smallest absolute Gasteiger partial charge is 0.291 e. The minimum absolute atomic E-state index is 0.202. The first-order chi connectivity index (χ1) is 15.5. The molecular formula is C24H16Cl2N4O2. The number of aryl methyl sites for hydroxylation is 1. The van der Waals surface area contributed by atoms with Crippen LogP contribution in [0.15, 0.2) is 77.2 Å². The lowest BCUT2D eigenvalue weighted by atomic mass is 10.2. The number of furan rings is 1. The second-order valence-corrected chi connectivity index (χ2v) is 8.09. The topological polar surface area (TPSA) is 73.0 Å². The molecule has 32 heavy (non-hydrogen) atoms. The van der Waals surface area contributed by atoms with Crippen LogP contribution in [0.3, 0.4) is 0 Å². The molecule has 2 heterocycles. The summed E-state index contributed by atoms with van der Waals surface area (Å²) in [5.41, 5.74) is 4.49. The summed E-state index contributed by atoms with van der Waals surface area (Å²) in [7, 11) is 0. The summed E-state index contributed by atoms with van der Waals surface area (Å²) < 4.78 is 5.71. The normalized spacial score (nSPS) is 11.1. The lowest BCUT2D eigenvalue weighted by Crippen LogP contribution is -2.10. The van der Waals surface area contributed by atoms with Crippen LogP contribution >= 0.6 is 23.2 Å². The molecule has 0 saturated carbocycles. The maximum Gasteiger partial charge on any atom is 0.291 e. The summed E-state index contributed by atoms with van der Waals surface area (Å²) in [5.74, 6) is 0.428. The number of halogens is 2. The molecule has 0 aliphatic carbocycles. The van der Waals surface area contributed by atoms with Crippen LogP contribution in [0.5, 0.6) is 0 Å². The van der Waals surface area contributed by atoms with Gasteiger partial charge in [0, 0.05) is 21.3 Å². The Morgan fingerprint density at radius 3 is 2.47 bits per heavy atom. The summed E-state index contributed by atoms with van der Waals surface area (Å²) >= 11 is 12.1. The van der Waals surface area contributed by atoms with E-state index in [4.69, 9.17) is 27.6 Å². The molecule has 8 heteroatoms. The summed E-state index contributed by atoms with van der Waals surface area (Å²) in [6.45, 7) is 1.94. The number of anilines is 1. The Balaban J connectivity index is 1.36. The van der Waals surface area contributed by atoms with E-state index in [0.717, 1.165) is 16.8 Å². The first-order valence-electron chi connectivity index (χ1n) is 9.77. The lowest BCUT2D eigenvalue weighted by Gasteiger charge is -2.03. The van der Waals surface area contributed by atoms with Gasteiger partial charge in [0.15, 0.2) is 5.76 Å². The second kappa shape index (κ2) is 8.15. The number of nitrogens with zero attached hydrogens (tertiary/aromatic N) is 3. The van der Waals surface area contributed by atoms with Crippen molar-refractivity contribution in [3.8, 4) is 17.0 Å². The van der Waals surface area contributed by atoms with Crippen molar-refractivity contribution in [1.82, 2.24) is 15.0 Å². The van der Waals surface area contributed by atoms with E-state index in [1.807, 2.05) is 37.3 Å². The van der Waals surface area contributed by atoms with Crippen molar-refractivity contribution < 1.29 is 9.21 Å². The molecule has 5 rings (SSSR count). The Morgan fingerprint density at radius 2 is 1.69 bits per heavy atom. The number of amides is 1. The molecule has 0 aliphatic heterocycles. The number of hydrogen-bond acceptors (Lipinski definition) is 4. The number of fused-ring (bicyclic) bond motifs is 1. The average molecular weight is 463 g/mol. The van der Waals surface area contributed by atoms with E-state index in [-0.39, 0.29) is 11.7 Å². The molecular weight excluding hydrogens is 447 g/mol. The summed E-state index contributed by atoms with van der Waals surface area (Å²) in [5, 5.41) is 13.1. The van der Waals surface area contributed by atoms with Crippen molar-refractivity contribution in [2.24, 2.45) is 0 Å². The van der Waals surface area contributed by atoms with Crippen LogP contribution in [0.25, 0.3) is 28.0 Å². The Hall–Kier alpha value is -3.61. The van der Waals surface area contributed by atoms with E-state index in [1.54, 1.807) is 42.5 Å². The molecule has 1 amide bonds. The second-order valence-electron chi connectivity index (χ2n) is 7.25. The Labute approximate surface area is 193 Å². The molecule has 0 radical (unpaired) electrons. The Morgan fingerprint density at radius 1 is 0.906 bits per heavy atom. The molecule has 0 atom stereocenters. The van der Waals surface area contributed by atoms with Gasteiger partial charge in [-0.15, -0.1) is 10.2 Å². The van der Waals surface area contributed by atoms with Crippen LogP contribution in [-0.2, 0) is 0 Å². The molecule has 158 valence electrons. The van der Waals surface area contributed by atoms with Crippen LogP contribution in [0.1, 0.15) is 16.1 Å². The molecule has 0 bridgehead atoms. The van der Waals surface area contributed by atoms with Gasteiger partial charge in [0.2, 0.25) is 0 Å². The van der Waals surface area contributed by atoms with Crippen molar-refractivity contribution in [2.45, 2.75) is 6.92 Å². The standard InChI is InChI=1S/C24H16Cl2N4O2/c1-14-2-8-18(13-19(14)26)30-28-20-9-7-17(12-21(20)29-30)27-24(31)23-11-10-22(32-23)15-3-5-16(25)6-4-15/h2-13H,1H3,(H,27,31). The van der Waals surface area contributed by atoms with Crippen molar-refractivity contribution in [3.63, 3.8) is 0 Å². The van der Waals surface area contributed by atoms with Crippen LogP contribution in [0.2, 0.25) is 10.0 Å². The van der Waals surface area contributed by atoms with E-state index in [1.165, 1.54) is 4.80 Å². The molecule has 0 aliphatic rings. The van der Waals surface area contributed by atoms with Gasteiger partial charge in [-0.05, 0) is 79.2 Å². The third-order valence-corrected chi connectivity index (χ3v) is 5.64. The van der Waals surface area contributed by atoms with Crippen molar-refractivity contribution in [2.75, 3.05) is 5.32 Å². The number of rotatable bonds is 4. The number of nitrogens with one attached hydrogen (secondary N) is 1. The quantitative estimate of drug-likeness (QED) is 0.328. The van der Waals surface area contributed by atoms with Crippen LogP contribution in [0, 0.1) is 6.92 Å². The van der Waals surface area contributed by atoms with Gasteiger partial charge in [-0.25, -0.2) is 0 Å². The SMILES string of the molecule is Cc1ccc(-n2nc3ccc(NC(=O)c4ccc(-c5ccc(Cl)cc5)o4)cc3n2)cc1Cl. The van der Waals surface area contributed by atoms with E-state index >= 15 is 0 Å². The average Bonchev–Trinajstić information content (AvgIpc) is 3.43. The monoisotopic (exact) mass is 462 g/mol. The van der Waals surface area contributed by atoms with Gasteiger partial charge < -0.3 is 9.73 Å². The van der Waals surface area contributed by atoms with Gasteiger partial charge >= 0.3 is 0 Å². The maximum atomic E-state index is 12.7. The largest absolute Gasteiger partial charge is 0.451 e. The molecule has 0 saturated heterocycles. The van der Waals surface area contributed by atoms with Crippen LogP contribution < -0.4 is 5.32 Å². The minimum Gasteiger partial charge on any atom is -0.451 e. The van der Waals surface area contributed by atoms with Crippen molar-refractivity contribution >= 4 is 45.8 Å². The molecule has 1 N–H and O–H groups in total. The fourth-order valence-electron chi connectivity index (χ4n) is 3.24. The highest BCUT2D eigenvalue weighted by Gasteiger charge is 2.14. The zero-order chi connectivity index (χ0) is 22.2. The van der Waals surface area contributed by atoms with E-state index in [2.05, 4.69) is 15.5 Å². The molecule has 6 nitrogen and oxygen atoms in total. The van der Waals surface area contributed by atoms with Crippen molar-refractivity contribution in [3.05, 3.63) is 94.2 Å². The zero-order valence-electron chi connectivity index (χ0n) is 16.8. The first kappa shape index (κ1) is 20.3. The number of carbonyl (C=O) groups is 1. The van der Waals surface area contributed by atoms with Crippen molar-refractivity contribution in [1.29, 1.82) is 0 Å². The minimum atomic E-state index is -0.359. The van der Waals surface area contributed by atoms with Gasteiger partial charge in [0.1, 0.15) is 16.8 Å². The summed E-state index contributed by atoms with van der Waals surface area (Å²) in [6.07, 6.45) is 0. The van der Waals surface area contributed by atoms with E-state index in [9.17, 15) is 4.79 Å². The highest BCUT2D eigenvalue weighted by atomic mass is 35.5. The molecule has 5 aromatic rings. The predicted octanol–water partition coefficient (Wildman–Crippen LogP) is 6.55. The van der Waals surface area contributed by atoms with Gasteiger partial charge in [-0.1, -0.05) is 29.3 Å². The molecule has 2 aromatic heterocycles. The van der Waals surface area contributed by atoms with Gasteiger partial charge in [0.05, 0.1) is 5.69 Å². The Kier molecular flexibility index (Phi) is 5.17. The molecule has 0 spiro atoms. The number of aromatic nitrogens is 3. The zero-order valence-corrected chi connectivity index (χ0v) is 18.4.